The van der Waals surface area contributed by atoms with Crippen molar-refractivity contribution in [2.75, 3.05) is 32.9 Å². The zero-order chi connectivity index (χ0) is 14.7. The van der Waals surface area contributed by atoms with E-state index >= 15 is 0 Å². The number of morpholine rings is 1. The summed E-state index contributed by atoms with van der Waals surface area (Å²) in [5, 5.41) is 12.2. The van der Waals surface area contributed by atoms with E-state index in [1.54, 1.807) is 0 Å². The molecule has 118 valence electrons. The topological polar surface area (TPSA) is 61.8 Å². The highest BCUT2D eigenvalue weighted by atomic mass is 16.5. The van der Waals surface area contributed by atoms with Crippen LogP contribution in [0.3, 0.4) is 0 Å². The lowest BCUT2D eigenvalue weighted by Gasteiger charge is -2.39. The van der Waals surface area contributed by atoms with Crippen molar-refractivity contribution >= 4 is 5.91 Å². The monoisotopic (exact) mass is 294 g/mol. The minimum atomic E-state index is -0.152. The number of nitrogens with one attached hydrogen (secondary N) is 1. The Kier molecular flexibility index (Phi) is 4.93. The summed E-state index contributed by atoms with van der Waals surface area (Å²) in [5.41, 5.74) is 0. The third kappa shape index (κ3) is 3.65. The fourth-order valence-corrected chi connectivity index (χ4v) is 3.40. The van der Waals surface area contributed by atoms with Crippen molar-refractivity contribution in [3.05, 3.63) is 12.2 Å². The Hall–Kier alpha value is -0.910. The van der Waals surface area contributed by atoms with Crippen LogP contribution in [0.5, 0.6) is 0 Å². The van der Waals surface area contributed by atoms with Crippen LogP contribution in [0, 0.1) is 11.8 Å². The molecule has 5 nitrogen and oxygen atoms in total. The number of hydrogen-bond acceptors (Lipinski definition) is 4. The summed E-state index contributed by atoms with van der Waals surface area (Å²) in [7, 11) is 0. The van der Waals surface area contributed by atoms with Crippen LogP contribution in [0.15, 0.2) is 12.2 Å². The minimum absolute atomic E-state index is 0.0575. The van der Waals surface area contributed by atoms with Crippen LogP contribution in [0.4, 0.5) is 0 Å². The lowest BCUT2D eigenvalue weighted by Crippen LogP contribution is -2.56. The number of aliphatic hydroxyl groups excluding tert-OH is 1. The quantitative estimate of drug-likeness (QED) is 0.727. The fraction of sp³-hybridized carbons (Fsp3) is 0.812. The first-order valence-electron chi connectivity index (χ1n) is 8.17. The molecule has 2 N–H and O–H groups in total. The predicted octanol–water partition coefficient (Wildman–Crippen LogP) is 0.540. The second kappa shape index (κ2) is 6.90. The average molecular weight is 294 g/mol. The Morgan fingerprint density at radius 1 is 1.38 bits per heavy atom. The van der Waals surface area contributed by atoms with Crippen molar-refractivity contribution in [2.45, 2.75) is 37.8 Å². The van der Waals surface area contributed by atoms with Gasteiger partial charge in [-0.15, -0.1) is 0 Å². The summed E-state index contributed by atoms with van der Waals surface area (Å²) in [6.07, 6.45) is 8.73. The number of aliphatic hydroxyl groups is 1. The van der Waals surface area contributed by atoms with Crippen molar-refractivity contribution < 1.29 is 14.6 Å². The first-order valence-corrected chi connectivity index (χ1v) is 8.17. The maximum absolute atomic E-state index is 12.5. The molecule has 2 fully saturated rings. The van der Waals surface area contributed by atoms with Crippen molar-refractivity contribution in [2.24, 2.45) is 11.8 Å². The summed E-state index contributed by atoms with van der Waals surface area (Å²) in [6, 6.07) is -0.0944. The molecule has 3 rings (SSSR count). The van der Waals surface area contributed by atoms with Gasteiger partial charge in [-0.3, -0.25) is 9.69 Å². The van der Waals surface area contributed by atoms with Gasteiger partial charge in [-0.25, -0.2) is 0 Å². The molecule has 3 atom stereocenters. The first kappa shape index (κ1) is 15.0. The minimum Gasteiger partial charge on any atom is -0.396 e. The van der Waals surface area contributed by atoms with Gasteiger partial charge in [0.2, 0.25) is 5.91 Å². The Morgan fingerprint density at radius 2 is 2.24 bits per heavy atom. The first-order chi connectivity index (χ1) is 10.3. The Morgan fingerprint density at radius 3 is 2.90 bits per heavy atom. The van der Waals surface area contributed by atoms with Crippen LogP contribution in [0.2, 0.25) is 0 Å². The van der Waals surface area contributed by atoms with E-state index in [9.17, 15) is 4.79 Å². The number of ether oxygens (including phenoxy) is 1. The van der Waals surface area contributed by atoms with Gasteiger partial charge < -0.3 is 15.2 Å². The average Bonchev–Trinajstić information content (AvgIpc) is 2.91. The standard InChI is InChI=1S/C16H26N2O3/c19-10-13-4-5-14(8-13)17-16(20)15-11-21-7-6-18(15)9-12-2-1-3-12/h4-5,12-15,19H,1-3,6-11H2,(H,17,20)/t13-,14+,15?/m0/s1. The molecule has 1 amide bonds. The third-order valence-corrected chi connectivity index (χ3v) is 4.99. The zero-order valence-electron chi connectivity index (χ0n) is 12.5. The summed E-state index contributed by atoms with van der Waals surface area (Å²) < 4.78 is 5.51. The molecule has 0 spiro atoms. The predicted molar refractivity (Wildman–Crippen MR) is 79.8 cm³/mol. The van der Waals surface area contributed by atoms with Crippen molar-refractivity contribution in [1.82, 2.24) is 10.2 Å². The highest BCUT2D eigenvalue weighted by Crippen LogP contribution is 2.28. The van der Waals surface area contributed by atoms with Gasteiger partial charge in [-0.1, -0.05) is 18.6 Å². The molecule has 1 saturated heterocycles. The maximum Gasteiger partial charge on any atom is 0.240 e. The van der Waals surface area contributed by atoms with E-state index in [0.717, 1.165) is 32.0 Å². The second-order valence-corrected chi connectivity index (χ2v) is 6.56. The molecular formula is C16H26N2O3. The molecule has 0 bridgehead atoms. The van der Waals surface area contributed by atoms with E-state index in [1.807, 2.05) is 12.2 Å². The molecule has 21 heavy (non-hydrogen) atoms. The van der Waals surface area contributed by atoms with Gasteiger partial charge in [0.15, 0.2) is 0 Å². The highest BCUT2D eigenvalue weighted by molar-refractivity contribution is 5.82. The van der Waals surface area contributed by atoms with Gasteiger partial charge in [0, 0.05) is 31.7 Å². The SMILES string of the molecule is O=C(N[C@@H]1C=C[C@H](CO)C1)C1COCCN1CC1CCC1. The number of carbonyl (C=O) groups is 1. The second-order valence-electron chi connectivity index (χ2n) is 6.56. The van der Waals surface area contributed by atoms with E-state index < -0.39 is 0 Å². The van der Waals surface area contributed by atoms with E-state index in [4.69, 9.17) is 9.84 Å². The number of amides is 1. The summed E-state index contributed by atoms with van der Waals surface area (Å²) in [4.78, 5) is 14.8. The third-order valence-electron chi connectivity index (χ3n) is 4.99. The van der Waals surface area contributed by atoms with Crippen LogP contribution in [0.1, 0.15) is 25.7 Å². The van der Waals surface area contributed by atoms with Crippen molar-refractivity contribution in [1.29, 1.82) is 0 Å². The molecule has 0 radical (unpaired) electrons. The zero-order valence-corrected chi connectivity index (χ0v) is 12.5. The van der Waals surface area contributed by atoms with Crippen molar-refractivity contribution in [3.8, 4) is 0 Å². The van der Waals surface area contributed by atoms with Crippen LogP contribution in [0.25, 0.3) is 0 Å². The Labute approximate surface area is 126 Å². The number of nitrogens with zero attached hydrogens (tertiary/aromatic N) is 1. The lowest BCUT2D eigenvalue weighted by atomic mass is 9.84. The van der Waals surface area contributed by atoms with Gasteiger partial charge in [-0.05, 0) is 25.2 Å². The van der Waals surface area contributed by atoms with Crippen LogP contribution < -0.4 is 5.32 Å². The molecule has 2 aliphatic carbocycles. The maximum atomic E-state index is 12.5. The molecule has 1 aliphatic heterocycles. The molecule has 1 unspecified atom stereocenters. The number of carbonyl (C=O) groups excluding carboxylic acids is 1. The van der Waals surface area contributed by atoms with Gasteiger partial charge >= 0.3 is 0 Å². The van der Waals surface area contributed by atoms with Crippen molar-refractivity contribution in [3.63, 3.8) is 0 Å². The summed E-state index contributed by atoms with van der Waals surface area (Å²) >= 11 is 0. The molecule has 5 heteroatoms. The largest absolute Gasteiger partial charge is 0.396 e. The van der Waals surface area contributed by atoms with Gasteiger partial charge in [0.25, 0.3) is 0 Å². The molecule has 0 aromatic carbocycles. The van der Waals surface area contributed by atoms with E-state index in [-0.39, 0.29) is 30.5 Å². The molecular weight excluding hydrogens is 268 g/mol. The smallest absolute Gasteiger partial charge is 0.240 e. The molecule has 1 saturated carbocycles. The molecule has 0 aromatic rings. The van der Waals surface area contributed by atoms with Gasteiger partial charge in [-0.2, -0.15) is 0 Å². The molecule has 0 aromatic heterocycles. The van der Waals surface area contributed by atoms with E-state index in [2.05, 4.69) is 10.2 Å². The fourth-order valence-electron chi connectivity index (χ4n) is 3.40. The number of hydrogen-bond donors (Lipinski definition) is 2. The Balaban J connectivity index is 1.52. The van der Waals surface area contributed by atoms with E-state index in [0.29, 0.717) is 6.61 Å². The summed E-state index contributed by atoms with van der Waals surface area (Å²) in [6.45, 7) is 3.27. The van der Waals surface area contributed by atoms with Crippen LogP contribution in [-0.2, 0) is 9.53 Å². The normalized spacial score (nSPS) is 33.9. The number of rotatable bonds is 5. The van der Waals surface area contributed by atoms with Gasteiger partial charge in [0.05, 0.1) is 13.2 Å². The highest BCUT2D eigenvalue weighted by Gasteiger charge is 2.33. The molecule has 1 heterocycles. The van der Waals surface area contributed by atoms with Crippen LogP contribution in [-0.4, -0.2) is 60.9 Å². The summed E-state index contributed by atoms with van der Waals surface area (Å²) in [5.74, 6) is 1.02. The van der Waals surface area contributed by atoms with E-state index in [1.165, 1.54) is 19.3 Å². The lowest BCUT2D eigenvalue weighted by molar-refractivity contribution is -0.133. The van der Waals surface area contributed by atoms with Gasteiger partial charge in [0.1, 0.15) is 6.04 Å². The Bertz CT molecular complexity index is 395. The van der Waals surface area contributed by atoms with Crippen LogP contribution >= 0.6 is 0 Å². The molecule has 3 aliphatic rings.